The Balaban J connectivity index is 6.78. The summed E-state index contributed by atoms with van der Waals surface area (Å²) in [6.07, 6.45) is 2.35. The first-order valence-corrected chi connectivity index (χ1v) is 22.2. The highest BCUT2D eigenvalue weighted by atomic mass is 32.2. The van der Waals surface area contributed by atoms with Crippen molar-refractivity contribution < 1.29 is 42.7 Å². The van der Waals surface area contributed by atoms with Crippen molar-refractivity contribution in [3.05, 3.63) is 0 Å². The van der Waals surface area contributed by atoms with Crippen LogP contribution in [-0.4, -0.2) is 149 Å². The quantitative estimate of drug-likeness (QED) is 0.0215. The molecule has 0 bridgehead atoms. The highest BCUT2D eigenvalue weighted by Gasteiger charge is 2.42. The maximum absolute atomic E-state index is 12.8. The molecule has 0 aromatic carbocycles. The Kier molecular flexibility index (Phi) is 19.2. The highest BCUT2D eigenvalue weighted by molar-refractivity contribution is 7.90. The first-order chi connectivity index (χ1) is 20.0. The van der Waals surface area contributed by atoms with E-state index in [4.69, 9.17) is 10.9 Å². The number of primary amides is 1. The van der Waals surface area contributed by atoms with Crippen LogP contribution in [0.25, 0.3) is 0 Å². The molecule has 0 aliphatic rings. The van der Waals surface area contributed by atoms with Crippen molar-refractivity contribution >= 4 is 56.6 Å². The minimum Gasteiger partial charge on any atom is -0.367 e. The summed E-state index contributed by atoms with van der Waals surface area (Å²) >= 11 is 0. The van der Waals surface area contributed by atoms with E-state index in [-0.39, 0.29) is 57.2 Å². The number of nitrogens with two attached hydrogens (primary N) is 2. The molecule has 11 N–H and O–H groups in total. The average Bonchev–Trinajstić information content (AvgIpc) is 2.85. The van der Waals surface area contributed by atoms with Gasteiger partial charge >= 0.3 is 0 Å². The van der Waals surface area contributed by atoms with E-state index >= 15 is 0 Å². The number of carbonyl (C=O) groups is 1. The number of carbonyl (C=O) groups excluding carboxylic acids is 1. The summed E-state index contributed by atoms with van der Waals surface area (Å²) in [6, 6.07) is 0. The molecule has 0 aliphatic heterocycles. The molecule has 264 valence electrons. The van der Waals surface area contributed by atoms with E-state index in [0.29, 0.717) is 6.42 Å². The Labute approximate surface area is 263 Å². The molecule has 3 unspecified atom stereocenters. The van der Waals surface area contributed by atoms with Crippen LogP contribution in [-0.2, 0) is 55.5 Å². The number of amides is 1. The number of sulfonamides is 3. The van der Waals surface area contributed by atoms with Crippen molar-refractivity contribution in [2.45, 2.75) is 24.9 Å². The van der Waals surface area contributed by atoms with Crippen LogP contribution >= 0.6 is 0 Å². The Morgan fingerprint density at radius 2 is 1.43 bits per heavy atom. The van der Waals surface area contributed by atoms with Crippen LogP contribution in [0.15, 0.2) is 0 Å². The third kappa shape index (κ3) is 21.0. The number of hydrogen-bond donors (Lipinski definition) is 9. The van der Waals surface area contributed by atoms with Crippen molar-refractivity contribution in [1.29, 1.82) is 0 Å². The molecule has 1 amide bonds. The van der Waals surface area contributed by atoms with Gasteiger partial charge in [0.05, 0.1) is 23.5 Å². The lowest BCUT2D eigenvalue weighted by atomic mass is 10.3. The maximum atomic E-state index is 12.8. The van der Waals surface area contributed by atoms with Crippen LogP contribution in [0.5, 0.6) is 0 Å². The van der Waals surface area contributed by atoms with E-state index in [1.807, 2.05) is 0 Å². The fraction of sp³-hybridized carbons (Fsp3) is 0.947. The Morgan fingerprint density at radius 1 is 0.841 bits per heavy atom. The summed E-state index contributed by atoms with van der Waals surface area (Å²) in [5, 5.41) is 18.1. The molecular weight excluding hydrogens is 689 g/mol. The molecule has 0 heterocycles. The number of hydrogen-bond acceptors (Lipinski definition) is 16. The van der Waals surface area contributed by atoms with E-state index in [1.54, 1.807) is 0 Å². The van der Waals surface area contributed by atoms with E-state index in [9.17, 15) is 42.7 Å². The van der Waals surface area contributed by atoms with Gasteiger partial charge in [0, 0.05) is 61.8 Å². The topological polar surface area (TPSA) is 310 Å². The van der Waals surface area contributed by atoms with Crippen molar-refractivity contribution in [3.63, 3.8) is 0 Å². The zero-order valence-corrected chi connectivity index (χ0v) is 29.4. The molecule has 0 saturated heterocycles. The van der Waals surface area contributed by atoms with Gasteiger partial charge in [0.1, 0.15) is 9.84 Å². The van der Waals surface area contributed by atoms with E-state index in [2.05, 4.69) is 36.1 Å². The molecule has 0 radical (unpaired) electrons. The minimum atomic E-state index is -4.00. The smallest absolute Gasteiger partial charge is 0.251 e. The van der Waals surface area contributed by atoms with Gasteiger partial charge in [-0.1, -0.05) is 0 Å². The van der Waals surface area contributed by atoms with Gasteiger partial charge < -0.3 is 5.73 Å². The van der Waals surface area contributed by atoms with Gasteiger partial charge in [-0.25, -0.2) is 53.7 Å². The van der Waals surface area contributed by atoms with Gasteiger partial charge in [-0.05, 0) is 26.4 Å². The molecule has 44 heavy (non-hydrogen) atoms. The lowest BCUT2D eigenvalue weighted by Crippen LogP contribution is -2.83. The zero-order valence-electron chi connectivity index (χ0n) is 25.3. The summed E-state index contributed by atoms with van der Waals surface area (Å²) in [6.45, 7) is -0.949. The number of sulfone groups is 1. The predicted octanol–water partition coefficient (Wildman–Crippen LogP) is -6.84. The van der Waals surface area contributed by atoms with Crippen LogP contribution in [0.2, 0.25) is 0 Å². The number of nitrogens with one attached hydrogen (secondary N) is 7. The number of primary sulfonamides is 1. The number of nitrogens with zero attached hydrogens (tertiary/aromatic N) is 1. The van der Waals surface area contributed by atoms with Crippen LogP contribution in [0.1, 0.15) is 12.8 Å². The standard InChI is InChI=1S/C19H48N10O10S5/c1-22-44(38,39)16-12-27-29(18(17(20)30)23-7-6-14-41(3,32)33)19(24-8-5-13-40(2)31,26-11-15-43(21,36)37)25-9-10-28-42(4,34)35/h18,22-28H,5-16H2,1-4H3,(H2,20,30)(H2,21,36,37). The molecule has 0 saturated carbocycles. The van der Waals surface area contributed by atoms with Gasteiger partial charge in [-0.2, -0.15) is 5.01 Å². The lowest BCUT2D eigenvalue weighted by Gasteiger charge is -2.48. The second-order valence-electron chi connectivity index (χ2n) is 9.70. The van der Waals surface area contributed by atoms with Crippen molar-refractivity contribution in [2.24, 2.45) is 10.9 Å². The molecule has 20 nitrogen and oxygen atoms in total. The summed E-state index contributed by atoms with van der Waals surface area (Å²) in [7, 11) is -14.7. The van der Waals surface area contributed by atoms with Gasteiger partial charge in [0.15, 0.2) is 12.1 Å². The average molecular weight is 737 g/mol. The Morgan fingerprint density at radius 3 is 1.93 bits per heavy atom. The van der Waals surface area contributed by atoms with Crippen molar-refractivity contribution in [1.82, 2.24) is 41.1 Å². The second kappa shape index (κ2) is 19.7. The van der Waals surface area contributed by atoms with E-state index in [0.717, 1.165) is 17.5 Å². The molecular formula is C19H48N10O10S5. The SMILES string of the molecule is CNS(=O)(=O)CCNN(C(NCCCS(C)(=O)=O)C(N)=O)C(NCCCS(C)=O)(NCCNS(C)(=O)=O)NCCS(N)(=O)=O. The Hall–Kier alpha value is -0.940. The first kappa shape index (κ1) is 43.1. The molecule has 0 aromatic heterocycles. The van der Waals surface area contributed by atoms with Crippen molar-refractivity contribution in [2.75, 3.05) is 88.1 Å². The normalized spacial score (nSPS) is 16.0. The minimum absolute atomic E-state index is 0.0502. The number of hydrazine groups is 1. The van der Waals surface area contributed by atoms with Crippen LogP contribution in [0.4, 0.5) is 0 Å². The third-order valence-electron chi connectivity index (χ3n) is 5.51. The fourth-order valence-electron chi connectivity index (χ4n) is 3.54. The monoisotopic (exact) mass is 736 g/mol. The van der Waals surface area contributed by atoms with Gasteiger partial charge in [0.2, 0.25) is 30.1 Å². The predicted molar refractivity (Wildman–Crippen MR) is 169 cm³/mol. The maximum Gasteiger partial charge on any atom is 0.251 e. The molecule has 0 spiro atoms. The highest BCUT2D eigenvalue weighted by Crippen LogP contribution is 2.09. The lowest BCUT2D eigenvalue weighted by molar-refractivity contribution is -0.138. The zero-order chi connectivity index (χ0) is 34.2. The van der Waals surface area contributed by atoms with Crippen LogP contribution in [0, 0.1) is 0 Å². The first-order valence-electron chi connectivity index (χ1n) is 13.2. The van der Waals surface area contributed by atoms with E-state index < -0.39 is 80.2 Å². The molecule has 0 fully saturated rings. The number of rotatable bonds is 27. The van der Waals surface area contributed by atoms with Gasteiger partial charge in [0.25, 0.3) is 5.91 Å². The summed E-state index contributed by atoms with van der Waals surface area (Å²) < 4.78 is 110. The van der Waals surface area contributed by atoms with Crippen LogP contribution < -0.4 is 47.0 Å². The Bertz CT molecular complexity index is 1350. The second-order valence-corrected chi connectivity index (χ2v) is 19.1. The largest absolute Gasteiger partial charge is 0.367 e. The molecule has 0 aliphatic carbocycles. The summed E-state index contributed by atoms with van der Waals surface area (Å²) in [5.74, 6) is -3.92. The van der Waals surface area contributed by atoms with Crippen molar-refractivity contribution in [3.8, 4) is 0 Å². The fourth-order valence-corrected chi connectivity index (χ4v) is 6.18. The molecule has 0 rings (SSSR count). The molecule has 0 aromatic rings. The van der Waals surface area contributed by atoms with Gasteiger partial charge in [-0.15, -0.1) is 0 Å². The summed E-state index contributed by atoms with van der Waals surface area (Å²) in [4.78, 5) is 12.8. The van der Waals surface area contributed by atoms with E-state index in [1.165, 1.54) is 13.3 Å². The molecule has 25 heteroatoms. The summed E-state index contributed by atoms with van der Waals surface area (Å²) in [5.41, 5.74) is 8.54. The molecule has 3 atom stereocenters. The van der Waals surface area contributed by atoms with Crippen LogP contribution in [0.3, 0.4) is 0 Å². The van der Waals surface area contributed by atoms with Gasteiger partial charge in [-0.3, -0.25) is 30.3 Å². The third-order valence-corrected chi connectivity index (χ3v) is 10.3.